The fourth-order valence-corrected chi connectivity index (χ4v) is 1.71. The van der Waals surface area contributed by atoms with Crippen molar-refractivity contribution >= 4 is 0 Å². The maximum absolute atomic E-state index is 6.09. The van der Waals surface area contributed by atoms with Gasteiger partial charge < -0.3 is 14.2 Å². The summed E-state index contributed by atoms with van der Waals surface area (Å²) in [5.74, 6) is 0. The fourth-order valence-electron chi connectivity index (χ4n) is 1.71. The van der Waals surface area contributed by atoms with Crippen LogP contribution in [0.25, 0.3) is 0 Å². The molecule has 0 aliphatic carbocycles. The maximum atomic E-state index is 6.09. The van der Waals surface area contributed by atoms with Gasteiger partial charge in [0, 0.05) is 0 Å². The Bertz CT molecular complexity index is 253. The number of rotatable bonds is 6. The van der Waals surface area contributed by atoms with Gasteiger partial charge in [0.2, 0.25) is 0 Å². The van der Waals surface area contributed by atoms with Crippen molar-refractivity contribution in [3.05, 3.63) is 25.3 Å². The first kappa shape index (κ1) is 10.9. The molecule has 0 amide bonds. The molecule has 2 aliphatic heterocycles. The summed E-state index contributed by atoms with van der Waals surface area (Å²) in [6, 6.07) is 0. The van der Waals surface area contributed by atoms with E-state index in [0.717, 1.165) is 13.2 Å². The fraction of sp³-hybridized carbons (Fsp3) is 0.667. The minimum Gasteiger partial charge on any atom is -0.370 e. The molecule has 2 saturated heterocycles. The smallest absolute Gasteiger partial charge is 0.113 e. The Labute approximate surface area is 90.7 Å². The Balaban J connectivity index is 2.09. The Morgan fingerprint density at radius 3 is 1.60 bits per heavy atom. The van der Waals surface area contributed by atoms with E-state index in [0.29, 0.717) is 0 Å². The van der Waals surface area contributed by atoms with Gasteiger partial charge in [0.1, 0.15) is 23.4 Å². The van der Waals surface area contributed by atoms with Gasteiger partial charge in [-0.05, 0) is 13.8 Å². The standard InChI is InChI=1S/C12H18O3/c1-5-11(3,9-7-13-9)15-12(4,6-2)10-8-14-10/h5-6,9-10H,1-2,7-8H2,3-4H3. The molecule has 3 nitrogen and oxygen atoms in total. The van der Waals surface area contributed by atoms with Crippen molar-refractivity contribution in [1.82, 2.24) is 0 Å². The van der Waals surface area contributed by atoms with E-state index in [1.165, 1.54) is 0 Å². The van der Waals surface area contributed by atoms with Gasteiger partial charge in [0.05, 0.1) is 13.2 Å². The van der Waals surface area contributed by atoms with E-state index in [1.54, 1.807) is 12.2 Å². The van der Waals surface area contributed by atoms with Gasteiger partial charge in [0.25, 0.3) is 0 Å². The van der Waals surface area contributed by atoms with Crippen LogP contribution in [0, 0.1) is 0 Å². The van der Waals surface area contributed by atoms with Gasteiger partial charge in [-0.15, -0.1) is 13.2 Å². The largest absolute Gasteiger partial charge is 0.370 e. The molecule has 0 aromatic heterocycles. The number of hydrogen-bond donors (Lipinski definition) is 0. The van der Waals surface area contributed by atoms with Crippen molar-refractivity contribution in [3.8, 4) is 0 Å². The lowest BCUT2D eigenvalue weighted by Crippen LogP contribution is -2.45. The van der Waals surface area contributed by atoms with Crippen LogP contribution in [0.2, 0.25) is 0 Å². The second-order valence-corrected chi connectivity index (χ2v) is 4.52. The highest BCUT2D eigenvalue weighted by atomic mass is 16.6. The van der Waals surface area contributed by atoms with E-state index >= 15 is 0 Å². The summed E-state index contributed by atoms with van der Waals surface area (Å²) in [7, 11) is 0. The molecule has 15 heavy (non-hydrogen) atoms. The Kier molecular flexibility index (Phi) is 2.49. The first-order valence-electron chi connectivity index (χ1n) is 5.24. The molecule has 3 heteroatoms. The topological polar surface area (TPSA) is 34.3 Å². The molecule has 0 bridgehead atoms. The highest BCUT2D eigenvalue weighted by Crippen LogP contribution is 2.38. The van der Waals surface area contributed by atoms with Crippen molar-refractivity contribution in [2.45, 2.75) is 37.3 Å². The molecule has 2 rings (SSSR count). The first-order valence-corrected chi connectivity index (χ1v) is 5.24. The molecule has 4 atom stereocenters. The predicted octanol–water partition coefficient (Wildman–Crippen LogP) is 1.69. The van der Waals surface area contributed by atoms with Crippen molar-refractivity contribution in [2.75, 3.05) is 13.2 Å². The second kappa shape index (κ2) is 3.44. The van der Waals surface area contributed by atoms with Crippen LogP contribution in [0.1, 0.15) is 13.8 Å². The zero-order valence-corrected chi connectivity index (χ0v) is 9.36. The summed E-state index contributed by atoms with van der Waals surface area (Å²) in [6.07, 6.45) is 3.84. The summed E-state index contributed by atoms with van der Waals surface area (Å²) in [5.41, 5.74) is -0.899. The maximum Gasteiger partial charge on any atom is 0.113 e. The van der Waals surface area contributed by atoms with Gasteiger partial charge in [-0.25, -0.2) is 0 Å². The Morgan fingerprint density at radius 1 is 1.07 bits per heavy atom. The van der Waals surface area contributed by atoms with Gasteiger partial charge in [-0.3, -0.25) is 0 Å². The monoisotopic (exact) mass is 210 g/mol. The van der Waals surface area contributed by atoms with Gasteiger partial charge in [0.15, 0.2) is 0 Å². The van der Waals surface area contributed by atoms with Crippen molar-refractivity contribution in [3.63, 3.8) is 0 Å². The molecule has 2 heterocycles. The third-order valence-electron chi connectivity index (χ3n) is 3.20. The Hall–Kier alpha value is -0.640. The van der Waals surface area contributed by atoms with Crippen LogP contribution in [0.3, 0.4) is 0 Å². The minimum atomic E-state index is -0.450. The third-order valence-corrected chi connectivity index (χ3v) is 3.20. The van der Waals surface area contributed by atoms with Crippen LogP contribution in [0.4, 0.5) is 0 Å². The molecule has 4 unspecified atom stereocenters. The molecule has 0 spiro atoms. The van der Waals surface area contributed by atoms with E-state index in [4.69, 9.17) is 14.2 Å². The Morgan fingerprint density at radius 2 is 1.40 bits per heavy atom. The second-order valence-electron chi connectivity index (χ2n) is 4.52. The van der Waals surface area contributed by atoms with Crippen LogP contribution in [-0.4, -0.2) is 36.6 Å². The quantitative estimate of drug-likeness (QED) is 0.494. The van der Waals surface area contributed by atoms with E-state index in [2.05, 4.69) is 13.2 Å². The molecule has 0 saturated carbocycles. The van der Waals surface area contributed by atoms with Crippen molar-refractivity contribution in [1.29, 1.82) is 0 Å². The zero-order chi connectivity index (χ0) is 11.1. The summed E-state index contributed by atoms with van der Waals surface area (Å²) in [4.78, 5) is 0. The molecule has 0 radical (unpaired) electrons. The predicted molar refractivity (Wildman–Crippen MR) is 57.8 cm³/mol. The lowest BCUT2D eigenvalue weighted by atomic mass is 9.97. The average Bonchev–Trinajstić information content (AvgIpc) is 3.08. The lowest BCUT2D eigenvalue weighted by Gasteiger charge is -2.35. The van der Waals surface area contributed by atoms with E-state index in [9.17, 15) is 0 Å². The summed E-state index contributed by atoms with van der Waals surface area (Å²) in [5, 5.41) is 0. The molecular formula is C12H18O3. The normalized spacial score (nSPS) is 36.1. The minimum absolute atomic E-state index is 0.119. The summed E-state index contributed by atoms with van der Waals surface area (Å²) in [6.45, 7) is 13.1. The van der Waals surface area contributed by atoms with Crippen LogP contribution < -0.4 is 0 Å². The van der Waals surface area contributed by atoms with Crippen LogP contribution in [0.15, 0.2) is 25.3 Å². The number of hydrogen-bond acceptors (Lipinski definition) is 3. The lowest BCUT2D eigenvalue weighted by molar-refractivity contribution is -0.110. The van der Waals surface area contributed by atoms with Crippen molar-refractivity contribution < 1.29 is 14.2 Å². The van der Waals surface area contributed by atoms with E-state index in [1.807, 2.05) is 13.8 Å². The van der Waals surface area contributed by atoms with Crippen LogP contribution >= 0.6 is 0 Å². The summed E-state index contributed by atoms with van der Waals surface area (Å²) < 4.78 is 16.7. The molecule has 2 fully saturated rings. The third kappa shape index (κ3) is 2.00. The molecule has 84 valence electrons. The van der Waals surface area contributed by atoms with E-state index in [-0.39, 0.29) is 12.2 Å². The average molecular weight is 210 g/mol. The van der Waals surface area contributed by atoms with E-state index < -0.39 is 11.2 Å². The van der Waals surface area contributed by atoms with Gasteiger partial charge in [-0.2, -0.15) is 0 Å². The molecule has 2 aliphatic rings. The van der Waals surface area contributed by atoms with Crippen molar-refractivity contribution in [2.24, 2.45) is 0 Å². The molecular weight excluding hydrogens is 192 g/mol. The summed E-state index contributed by atoms with van der Waals surface area (Å²) >= 11 is 0. The molecule has 0 N–H and O–H groups in total. The highest BCUT2D eigenvalue weighted by Gasteiger charge is 2.51. The van der Waals surface area contributed by atoms with Crippen LogP contribution in [-0.2, 0) is 14.2 Å². The van der Waals surface area contributed by atoms with Crippen LogP contribution in [0.5, 0.6) is 0 Å². The SMILES string of the molecule is C=CC(C)(OC(C)(C=C)C1CO1)C1CO1. The first-order chi connectivity index (χ1) is 7.04. The van der Waals surface area contributed by atoms with Gasteiger partial charge >= 0.3 is 0 Å². The zero-order valence-electron chi connectivity index (χ0n) is 9.36. The number of ether oxygens (including phenoxy) is 3. The highest BCUT2D eigenvalue weighted by molar-refractivity contribution is 5.12. The molecule has 0 aromatic carbocycles. The molecule has 0 aromatic rings. The number of epoxide rings is 2. The van der Waals surface area contributed by atoms with Gasteiger partial charge in [-0.1, -0.05) is 12.2 Å².